The first-order valence-corrected chi connectivity index (χ1v) is 3.48. The predicted octanol–water partition coefficient (Wildman–Crippen LogP) is 0.599. The quantitative estimate of drug-likeness (QED) is 0.752. The summed E-state index contributed by atoms with van der Waals surface area (Å²) in [5, 5.41) is 1.78. The van der Waals surface area contributed by atoms with E-state index in [9.17, 15) is 4.79 Å². The lowest BCUT2D eigenvalue weighted by atomic mass is 10.5. The van der Waals surface area contributed by atoms with Crippen molar-refractivity contribution in [3.63, 3.8) is 0 Å². The number of amides is 1. The van der Waals surface area contributed by atoms with Gasteiger partial charge in [-0.05, 0) is 15.9 Å². The van der Waals surface area contributed by atoms with Crippen molar-refractivity contribution in [1.29, 1.82) is 0 Å². The first-order valence-electron chi connectivity index (χ1n) is 4.18. The maximum Gasteiger partial charge on any atom is 0.288 e. The highest BCUT2D eigenvalue weighted by Gasteiger charge is 2.04. The van der Waals surface area contributed by atoms with Crippen molar-refractivity contribution >= 4 is 21.8 Å². The highest BCUT2D eigenvalue weighted by Crippen LogP contribution is 2.03. The molecule has 0 radical (unpaired) electrons. The van der Waals surface area contributed by atoms with Gasteiger partial charge in [0.2, 0.25) is 5.82 Å². The third-order valence-corrected chi connectivity index (χ3v) is 1.35. The summed E-state index contributed by atoms with van der Waals surface area (Å²) in [4.78, 5) is 18.4. The van der Waals surface area contributed by atoms with Crippen LogP contribution in [0.25, 0.3) is 0 Å². The van der Waals surface area contributed by atoms with Gasteiger partial charge < -0.3 is 5.32 Å². The van der Waals surface area contributed by atoms with Crippen molar-refractivity contribution in [3.8, 4) is 0 Å². The van der Waals surface area contributed by atoms with E-state index < -0.39 is 12.9 Å². The zero-order valence-corrected chi connectivity index (χ0v) is 6.92. The maximum absolute atomic E-state index is 11.2. The van der Waals surface area contributed by atoms with Crippen LogP contribution in [0.15, 0.2) is 16.9 Å². The van der Waals surface area contributed by atoms with E-state index in [0.717, 1.165) is 0 Å². The molecule has 1 aromatic heterocycles. The number of aromatic nitrogens is 2. The Morgan fingerprint density at radius 1 is 1.73 bits per heavy atom. The molecule has 0 saturated carbocycles. The Morgan fingerprint density at radius 3 is 2.91 bits per heavy atom. The number of halogens is 1. The van der Waals surface area contributed by atoms with Crippen molar-refractivity contribution in [2.24, 2.45) is 0 Å². The van der Waals surface area contributed by atoms with Gasteiger partial charge in [-0.25, -0.2) is 9.97 Å². The van der Waals surface area contributed by atoms with Crippen LogP contribution in [0.3, 0.4) is 0 Å². The summed E-state index contributed by atoms with van der Waals surface area (Å²) in [6.07, 6.45) is 2.73. The number of nitrogens with zero attached hydrogens (tertiary/aromatic N) is 2. The van der Waals surface area contributed by atoms with Crippen LogP contribution in [-0.4, -0.2) is 22.9 Å². The molecule has 0 bridgehead atoms. The minimum atomic E-state index is -2.52. The molecule has 11 heavy (non-hydrogen) atoms. The second-order valence-corrected chi connectivity index (χ2v) is 2.59. The number of carbonyl (C=O) groups is 1. The fourth-order valence-electron chi connectivity index (χ4n) is 0.485. The molecular weight excluding hydrogens is 210 g/mol. The van der Waals surface area contributed by atoms with Gasteiger partial charge in [0.1, 0.15) is 0 Å². The Hall–Kier alpha value is -0.970. The molecule has 0 aliphatic rings. The molecule has 1 rings (SSSR count). The summed E-state index contributed by atoms with van der Waals surface area (Å²) in [7, 11) is 0. The molecular formula is C6H6BrN3O. The molecule has 1 aromatic rings. The molecule has 0 aliphatic heterocycles. The Morgan fingerprint density at radius 2 is 2.36 bits per heavy atom. The van der Waals surface area contributed by atoms with Crippen LogP contribution in [0.2, 0.25) is 0 Å². The smallest absolute Gasteiger partial charge is 0.288 e. The topological polar surface area (TPSA) is 54.9 Å². The molecule has 58 valence electrons. The Kier molecular flexibility index (Phi) is 1.50. The normalized spacial score (nSPS) is 14.5. The second kappa shape index (κ2) is 3.43. The Labute approximate surface area is 76.4 Å². The molecule has 0 aromatic carbocycles. The highest BCUT2D eigenvalue weighted by molar-refractivity contribution is 9.10. The summed E-state index contributed by atoms with van der Waals surface area (Å²) in [6.45, 7) is -2.52. The van der Waals surface area contributed by atoms with Gasteiger partial charge in [0.15, 0.2) is 0 Å². The molecule has 1 amide bonds. The highest BCUT2D eigenvalue weighted by atomic mass is 79.9. The third kappa shape index (κ3) is 1.98. The lowest BCUT2D eigenvalue weighted by molar-refractivity contribution is 0.0952. The van der Waals surface area contributed by atoms with E-state index in [1.54, 1.807) is 5.32 Å². The molecule has 0 unspecified atom stereocenters. The van der Waals surface area contributed by atoms with E-state index in [2.05, 4.69) is 25.9 Å². The molecule has 0 saturated heterocycles. The summed E-state index contributed by atoms with van der Waals surface area (Å²) in [5.41, 5.74) is 0. The molecule has 0 fully saturated rings. The van der Waals surface area contributed by atoms with Gasteiger partial charge in [-0.15, -0.1) is 0 Å². The van der Waals surface area contributed by atoms with Crippen molar-refractivity contribution in [3.05, 3.63) is 22.7 Å². The predicted molar refractivity (Wildman–Crippen MR) is 43.1 cm³/mol. The van der Waals surface area contributed by atoms with E-state index in [-0.39, 0.29) is 5.82 Å². The molecule has 0 spiro atoms. The lowest BCUT2D eigenvalue weighted by Gasteiger charge is -1.95. The number of hydrogen-bond acceptors (Lipinski definition) is 3. The monoisotopic (exact) mass is 218 g/mol. The molecule has 5 heteroatoms. The van der Waals surface area contributed by atoms with Crippen LogP contribution in [0, 0.1) is 0 Å². The number of nitrogens with one attached hydrogen (secondary N) is 1. The van der Waals surface area contributed by atoms with Gasteiger partial charge in [0.25, 0.3) is 5.91 Å². The average molecular weight is 219 g/mol. The molecule has 1 heterocycles. The number of hydrogen-bond donors (Lipinski definition) is 1. The van der Waals surface area contributed by atoms with Gasteiger partial charge in [-0.1, -0.05) is 0 Å². The summed E-state index contributed by atoms with van der Waals surface area (Å²) < 4.78 is 21.0. The largest absolute Gasteiger partial charge is 0.352 e. The minimum absolute atomic E-state index is 0.177. The van der Waals surface area contributed by atoms with Crippen LogP contribution in [-0.2, 0) is 0 Å². The van der Waals surface area contributed by atoms with Gasteiger partial charge in [0, 0.05) is 23.5 Å². The average Bonchev–Trinajstić information content (AvgIpc) is 2.02. The van der Waals surface area contributed by atoms with E-state index in [0.29, 0.717) is 4.47 Å². The third-order valence-electron chi connectivity index (χ3n) is 0.937. The second-order valence-electron chi connectivity index (χ2n) is 1.68. The van der Waals surface area contributed by atoms with Crippen LogP contribution < -0.4 is 5.32 Å². The SMILES string of the molecule is [2H]C([2H])([2H])NC(=O)c1ncc(Br)cn1. The van der Waals surface area contributed by atoms with Gasteiger partial charge >= 0.3 is 0 Å². The molecule has 4 nitrogen and oxygen atoms in total. The fourth-order valence-corrected chi connectivity index (χ4v) is 0.690. The lowest BCUT2D eigenvalue weighted by Crippen LogP contribution is -2.20. The van der Waals surface area contributed by atoms with Crippen molar-refractivity contribution in [2.75, 3.05) is 6.98 Å². The minimum Gasteiger partial charge on any atom is -0.352 e. The fraction of sp³-hybridized carbons (Fsp3) is 0.167. The Bertz CT molecular complexity index is 337. The maximum atomic E-state index is 11.2. The van der Waals surface area contributed by atoms with Crippen molar-refractivity contribution < 1.29 is 8.91 Å². The zero-order valence-electron chi connectivity index (χ0n) is 8.34. The summed E-state index contributed by atoms with van der Waals surface area (Å²) in [5.74, 6) is -0.998. The van der Waals surface area contributed by atoms with Crippen LogP contribution in [0.1, 0.15) is 14.7 Å². The van der Waals surface area contributed by atoms with Crippen LogP contribution in [0.4, 0.5) is 0 Å². The first-order chi connectivity index (χ1) is 6.38. The van der Waals surface area contributed by atoms with Gasteiger partial charge in [0.05, 0.1) is 4.47 Å². The van der Waals surface area contributed by atoms with E-state index >= 15 is 0 Å². The summed E-state index contributed by atoms with van der Waals surface area (Å²) in [6, 6.07) is 0. The van der Waals surface area contributed by atoms with E-state index in [4.69, 9.17) is 4.11 Å². The van der Waals surface area contributed by atoms with Crippen LogP contribution >= 0.6 is 15.9 Å². The first kappa shape index (κ1) is 4.82. The van der Waals surface area contributed by atoms with Gasteiger partial charge in [-0.2, -0.15) is 0 Å². The number of carbonyl (C=O) groups excluding carboxylic acids is 1. The van der Waals surface area contributed by atoms with Gasteiger partial charge in [-0.3, -0.25) is 4.79 Å². The molecule has 0 atom stereocenters. The Balaban J connectivity index is 2.76. The molecule has 0 aliphatic carbocycles. The van der Waals surface area contributed by atoms with E-state index in [1.165, 1.54) is 12.4 Å². The van der Waals surface area contributed by atoms with Crippen molar-refractivity contribution in [1.82, 2.24) is 15.3 Å². The zero-order chi connectivity index (χ0) is 10.8. The molecule has 1 N–H and O–H groups in total. The van der Waals surface area contributed by atoms with Crippen molar-refractivity contribution in [2.45, 2.75) is 0 Å². The standard InChI is InChI=1S/C6H6BrN3O/c1-8-6(11)5-9-2-4(7)3-10-5/h2-3H,1H3,(H,8,11)/i1D3. The van der Waals surface area contributed by atoms with Crippen LogP contribution in [0.5, 0.6) is 0 Å². The summed E-state index contributed by atoms with van der Waals surface area (Å²) >= 11 is 3.09. The van der Waals surface area contributed by atoms with E-state index in [1.807, 2.05) is 0 Å². The number of rotatable bonds is 1.